The molecule has 3 nitrogen and oxygen atoms in total. The van der Waals surface area contributed by atoms with Gasteiger partial charge in [0.15, 0.2) is 0 Å². The van der Waals surface area contributed by atoms with E-state index >= 15 is 0 Å². The van der Waals surface area contributed by atoms with Gasteiger partial charge < -0.3 is 10.6 Å². The summed E-state index contributed by atoms with van der Waals surface area (Å²) in [4.78, 5) is 13.8. The van der Waals surface area contributed by atoms with E-state index in [1.54, 1.807) is 4.90 Å². The maximum Gasteiger partial charge on any atom is 0.256 e. The summed E-state index contributed by atoms with van der Waals surface area (Å²) in [5.41, 5.74) is 6.29. The molecule has 1 heterocycles. The third-order valence-electron chi connectivity index (χ3n) is 2.96. The van der Waals surface area contributed by atoms with E-state index in [0.29, 0.717) is 11.6 Å². The second-order valence-electron chi connectivity index (χ2n) is 4.38. The number of nitrogens with two attached hydrogens (primary N) is 1. The predicted molar refractivity (Wildman–Crippen MR) is 60.5 cm³/mol. The first kappa shape index (κ1) is 10.9. The van der Waals surface area contributed by atoms with E-state index < -0.39 is 5.82 Å². The van der Waals surface area contributed by atoms with Crippen molar-refractivity contribution in [2.75, 3.05) is 18.8 Å². The number of benzene rings is 1. The van der Waals surface area contributed by atoms with Gasteiger partial charge in [-0.15, -0.1) is 0 Å². The van der Waals surface area contributed by atoms with E-state index in [1.165, 1.54) is 18.2 Å². The molecule has 1 aliphatic heterocycles. The van der Waals surface area contributed by atoms with Crippen molar-refractivity contribution in [2.45, 2.75) is 13.3 Å². The van der Waals surface area contributed by atoms with Gasteiger partial charge in [0.1, 0.15) is 5.82 Å². The van der Waals surface area contributed by atoms with Crippen LogP contribution in [0.2, 0.25) is 0 Å². The van der Waals surface area contributed by atoms with Crippen LogP contribution in [-0.2, 0) is 0 Å². The standard InChI is InChI=1S/C12H15FN2O/c1-8-4-5-15(7-8)12(16)10-6-9(13)2-3-11(10)14/h2-3,6,8H,4-5,7,14H2,1H3. The number of rotatable bonds is 1. The van der Waals surface area contributed by atoms with Crippen LogP contribution in [-0.4, -0.2) is 23.9 Å². The summed E-state index contributed by atoms with van der Waals surface area (Å²) >= 11 is 0. The van der Waals surface area contributed by atoms with Gasteiger partial charge in [-0.05, 0) is 30.5 Å². The van der Waals surface area contributed by atoms with Crippen molar-refractivity contribution in [3.8, 4) is 0 Å². The van der Waals surface area contributed by atoms with Crippen molar-refractivity contribution in [3.63, 3.8) is 0 Å². The quantitative estimate of drug-likeness (QED) is 0.737. The van der Waals surface area contributed by atoms with E-state index in [1.807, 2.05) is 0 Å². The lowest BCUT2D eigenvalue weighted by molar-refractivity contribution is 0.0788. The van der Waals surface area contributed by atoms with E-state index in [2.05, 4.69) is 6.92 Å². The van der Waals surface area contributed by atoms with Crippen LogP contribution in [0.15, 0.2) is 18.2 Å². The molecule has 2 rings (SSSR count). The van der Waals surface area contributed by atoms with Crippen molar-refractivity contribution in [3.05, 3.63) is 29.6 Å². The molecular weight excluding hydrogens is 207 g/mol. The van der Waals surface area contributed by atoms with Crippen LogP contribution in [0.5, 0.6) is 0 Å². The van der Waals surface area contributed by atoms with Crippen molar-refractivity contribution in [2.24, 2.45) is 5.92 Å². The summed E-state index contributed by atoms with van der Waals surface area (Å²) in [6.45, 7) is 3.56. The molecule has 0 bridgehead atoms. The van der Waals surface area contributed by atoms with Gasteiger partial charge in [0.05, 0.1) is 5.56 Å². The Morgan fingerprint density at radius 2 is 2.31 bits per heavy atom. The molecule has 0 radical (unpaired) electrons. The summed E-state index contributed by atoms with van der Waals surface area (Å²) < 4.78 is 13.0. The fraction of sp³-hybridized carbons (Fsp3) is 0.417. The first-order valence-electron chi connectivity index (χ1n) is 5.42. The number of carbonyl (C=O) groups is 1. The number of amides is 1. The smallest absolute Gasteiger partial charge is 0.256 e. The number of hydrogen-bond donors (Lipinski definition) is 1. The average molecular weight is 222 g/mol. The SMILES string of the molecule is CC1CCN(C(=O)c2cc(F)ccc2N)C1. The van der Waals surface area contributed by atoms with E-state index in [4.69, 9.17) is 5.73 Å². The van der Waals surface area contributed by atoms with Gasteiger partial charge in [-0.1, -0.05) is 6.92 Å². The lowest BCUT2D eigenvalue weighted by atomic mass is 10.1. The van der Waals surface area contributed by atoms with Crippen molar-refractivity contribution >= 4 is 11.6 Å². The summed E-state index contributed by atoms with van der Waals surface area (Å²) in [7, 11) is 0. The number of nitrogen functional groups attached to an aromatic ring is 1. The Hall–Kier alpha value is -1.58. The molecule has 1 fully saturated rings. The minimum absolute atomic E-state index is 0.165. The van der Waals surface area contributed by atoms with Crippen LogP contribution in [0.25, 0.3) is 0 Å². The normalized spacial score (nSPS) is 20.1. The molecule has 0 aromatic heterocycles. The Kier molecular flexibility index (Phi) is 2.81. The number of carbonyl (C=O) groups excluding carboxylic acids is 1. The topological polar surface area (TPSA) is 46.3 Å². The van der Waals surface area contributed by atoms with Gasteiger partial charge >= 0.3 is 0 Å². The van der Waals surface area contributed by atoms with E-state index in [0.717, 1.165) is 19.5 Å². The van der Waals surface area contributed by atoms with Crippen LogP contribution in [0.4, 0.5) is 10.1 Å². The first-order valence-corrected chi connectivity index (χ1v) is 5.42. The van der Waals surface area contributed by atoms with E-state index in [-0.39, 0.29) is 11.5 Å². The fourth-order valence-corrected chi connectivity index (χ4v) is 2.00. The second kappa shape index (κ2) is 4.12. The van der Waals surface area contributed by atoms with Crippen molar-refractivity contribution < 1.29 is 9.18 Å². The zero-order chi connectivity index (χ0) is 11.7. The first-order chi connectivity index (χ1) is 7.58. The van der Waals surface area contributed by atoms with E-state index in [9.17, 15) is 9.18 Å². The van der Waals surface area contributed by atoms with Crippen LogP contribution >= 0.6 is 0 Å². The lowest BCUT2D eigenvalue weighted by Crippen LogP contribution is -2.29. The molecule has 1 unspecified atom stereocenters. The minimum atomic E-state index is -0.426. The second-order valence-corrected chi connectivity index (χ2v) is 4.38. The van der Waals surface area contributed by atoms with Crippen LogP contribution < -0.4 is 5.73 Å². The monoisotopic (exact) mass is 222 g/mol. The molecular formula is C12H15FN2O. The van der Waals surface area contributed by atoms with Gasteiger partial charge in [0.2, 0.25) is 0 Å². The maximum absolute atomic E-state index is 13.0. The molecule has 1 saturated heterocycles. The zero-order valence-electron chi connectivity index (χ0n) is 9.24. The number of halogens is 1. The third kappa shape index (κ3) is 2.01. The summed E-state index contributed by atoms with van der Waals surface area (Å²) in [5, 5.41) is 0. The molecule has 0 aliphatic carbocycles. The zero-order valence-corrected chi connectivity index (χ0v) is 9.24. The van der Waals surface area contributed by atoms with Gasteiger partial charge in [0.25, 0.3) is 5.91 Å². The Balaban J connectivity index is 2.23. The Labute approximate surface area is 94.0 Å². The highest BCUT2D eigenvalue weighted by Gasteiger charge is 2.25. The molecule has 1 aliphatic rings. The molecule has 1 aromatic rings. The Bertz CT molecular complexity index is 419. The molecule has 1 amide bonds. The molecule has 4 heteroatoms. The number of nitrogens with zero attached hydrogens (tertiary/aromatic N) is 1. The molecule has 1 aromatic carbocycles. The molecule has 86 valence electrons. The number of hydrogen-bond acceptors (Lipinski definition) is 2. The third-order valence-corrected chi connectivity index (χ3v) is 2.96. The van der Waals surface area contributed by atoms with Crippen LogP contribution in [0.1, 0.15) is 23.7 Å². The Morgan fingerprint density at radius 3 is 2.94 bits per heavy atom. The molecule has 0 spiro atoms. The largest absolute Gasteiger partial charge is 0.398 e. The van der Waals surface area contributed by atoms with Gasteiger partial charge in [0, 0.05) is 18.8 Å². The molecule has 1 atom stereocenters. The number of likely N-dealkylation sites (tertiary alicyclic amines) is 1. The van der Waals surface area contributed by atoms with Gasteiger partial charge in [-0.2, -0.15) is 0 Å². The predicted octanol–water partition coefficient (Wildman–Crippen LogP) is 1.89. The van der Waals surface area contributed by atoms with Crippen LogP contribution in [0, 0.1) is 11.7 Å². The molecule has 0 saturated carbocycles. The highest BCUT2D eigenvalue weighted by molar-refractivity contribution is 5.99. The average Bonchev–Trinajstić information content (AvgIpc) is 2.67. The van der Waals surface area contributed by atoms with Crippen molar-refractivity contribution in [1.29, 1.82) is 0 Å². The molecule has 2 N–H and O–H groups in total. The van der Waals surface area contributed by atoms with Crippen LogP contribution in [0.3, 0.4) is 0 Å². The van der Waals surface area contributed by atoms with Gasteiger partial charge in [-0.25, -0.2) is 4.39 Å². The summed E-state index contributed by atoms with van der Waals surface area (Å²) in [5.74, 6) is -0.0788. The highest BCUT2D eigenvalue weighted by atomic mass is 19.1. The fourth-order valence-electron chi connectivity index (χ4n) is 2.00. The summed E-state index contributed by atoms with van der Waals surface area (Å²) in [6, 6.07) is 3.90. The number of anilines is 1. The maximum atomic E-state index is 13.0. The molecule has 16 heavy (non-hydrogen) atoms. The summed E-state index contributed by atoms with van der Waals surface area (Å²) in [6.07, 6.45) is 1.00. The van der Waals surface area contributed by atoms with Crippen molar-refractivity contribution in [1.82, 2.24) is 4.90 Å². The Morgan fingerprint density at radius 1 is 1.56 bits per heavy atom. The lowest BCUT2D eigenvalue weighted by Gasteiger charge is -2.17. The highest BCUT2D eigenvalue weighted by Crippen LogP contribution is 2.21. The minimum Gasteiger partial charge on any atom is -0.398 e. The van der Waals surface area contributed by atoms with Gasteiger partial charge in [-0.3, -0.25) is 4.79 Å².